The molecule has 1 heterocycles. The molecule has 0 atom stereocenters. The van der Waals surface area contributed by atoms with Gasteiger partial charge in [0.25, 0.3) is 6.43 Å². The molecule has 7 heteroatoms. The molecule has 0 bridgehead atoms. The van der Waals surface area contributed by atoms with Crippen LogP contribution in [0.4, 0.5) is 13.8 Å². The molecule has 0 aliphatic carbocycles. The number of hydrogen-bond donors (Lipinski definition) is 1. The van der Waals surface area contributed by atoms with Crippen molar-refractivity contribution in [3.05, 3.63) is 5.69 Å². The average molecular weight is 237 g/mol. The molecule has 0 fully saturated rings. The number of nitrogens with zero attached hydrogens (tertiary/aromatic N) is 2. The third kappa shape index (κ3) is 4.48. The van der Waals surface area contributed by atoms with Crippen LogP contribution in [0.2, 0.25) is 0 Å². The molecule has 0 aromatic carbocycles. The Labute approximate surface area is 90.8 Å². The molecule has 0 aliphatic heterocycles. The summed E-state index contributed by atoms with van der Waals surface area (Å²) >= 11 is 1.21. The van der Waals surface area contributed by atoms with Crippen molar-refractivity contribution in [2.24, 2.45) is 0 Å². The number of aromatic nitrogens is 2. The van der Waals surface area contributed by atoms with Gasteiger partial charge in [-0.15, -0.1) is 5.10 Å². The fourth-order valence-electron chi connectivity index (χ4n) is 0.921. The first-order chi connectivity index (χ1) is 7.24. The standard InChI is InChI=1S/C8H13F2N3OS/c1-2-3-11-8-6(12-13-15-8)4-14-5-7(9)10/h7,11H,2-5H2,1H3. The molecule has 86 valence electrons. The van der Waals surface area contributed by atoms with Crippen LogP contribution in [-0.4, -0.2) is 29.2 Å². The summed E-state index contributed by atoms with van der Waals surface area (Å²) in [7, 11) is 0. The van der Waals surface area contributed by atoms with Crippen molar-refractivity contribution in [1.29, 1.82) is 0 Å². The minimum Gasteiger partial charge on any atom is -0.374 e. The minimum atomic E-state index is -2.44. The lowest BCUT2D eigenvalue weighted by Gasteiger charge is -2.04. The van der Waals surface area contributed by atoms with E-state index in [1.54, 1.807) is 0 Å². The molecule has 1 aromatic rings. The van der Waals surface area contributed by atoms with Crippen LogP contribution < -0.4 is 5.32 Å². The first kappa shape index (κ1) is 12.3. The third-order valence-corrected chi connectivity index (χ3v) is 2.30. The van der Waals surface area contributed by atoms with Gasteiger partial charge in [-0.2, -0.15) is 0 Å². The van der Waals surface area contributed by atoms with Crippen LogP contribution in [0.3, 0.4) is 0 Å². The Morgan fingerprint density at radius 2 is 2.33 bits per heavy atom. The first-order valence-electron chi connectivity index (χ1n) is 4.65. The van der Waals surface area contributed by atoms with Crippen LogP contribution in [0.15, 0.2) is 0 Å². The lowest BCUT2D eigenvalue weighted by Crippen LogP contribution is -2.06. The van der Waals surface area contributed by atoms with Crippen molar-refractivity contribution in [3.8, 4) is 0 Å². The van der Waals surface area contributed by atoms with E-state index in [0.29, 0.717) is 5.69 Å². The number of anilines is 1. The van der Waals surface area contributed by atoms with E-state index < -0.39 is 13.0 Å². The van der Waals surface area contributed by atoms with E-state index in [-0.39, 0.29) is 6.61 Å². The monoisotopic (exact) mass is 237 g/mol. The topological polar surface area (TPSA) is 47.0 Å². The zero-order chi connectivity index (χ0) is 11.1. The molecule has 0 radical (unpaired) electrons. The van der Waals surface area contributed by atoms with E-state index in [0.717, 1.165) is 18.0 Å². The summed E-state index contributed by atoms with van der Waals surface area (Å²) in [6.45, 7) is 2.36. The quantitative estimate of drug-likeness (QED) is 0.789. The summed E-state index contributed by atoms with van der Waals surface area (Å²) in [5, 5.41) is 7.71. The summed E-state index contributed by atoms with van der Waals surface area (Å²) in [5.41, 5.74) is 0.592. The molecule has 0 amide bonds. The maximum atomic E-state index is 11.8. The van der Waals surface area contributed by atoms with Crippen molar-refractivity contribution in [1.82, 2.24) is 9.59 Å². The van der Waals surface area contributed by atoms with Crippen LogP contribution in [-0.2, 0) is 11.3 Å². The Bertz CT molecular complexity index is 283. The van der Waals surface area contributed by atoms with E-state index in [1.807, 2.05) is 6.92 Å². The summed E-state index contributed by atoms with van der Waals surface area (Å²) in [4.78, 5) is 0. The van der Waals surface area contributed by atoms with Gasteiger partial charge in [0, 0.05) is 18.1 Å². The second-order valence-corrected chi connectivity index (χ2v) is 3.64. The zero-order valence-corrected chi connectivity index (χ0v) is 9.19. The van der Waals surface area contributed by atoms with Gasteiger partial charge in [0.1, 0.15) is 17.3 Å². The lowest BCUT2D eigenvalue weighted by molar-refractivity contribution is 0.00898. The van der Waals surface area contributed by atoms with E-state index in [2.05, 4.69) is 14.9 Å². The highest BCUT2D eigenvalue weighted by Gasteiger charge is 2.09. The third-order valence-electron chi connectivity index (χ3n) is 1.57. The Balaban J connectivity index is 2.35. The van der Waals surface area contributed by atoms with Gasteiger partial charge in [-0.3, -0.25) is 0 Å². The second-order valence-electron chi connectivity index (χ2n) is 2.88. The van der Waals surface area contributed by atoms with Crippen molar-refractivity contribution in [2.75, 3.05) is 18.5 Å². The zero-order valence-electron chi connectivity index (χ0n) is 8.37. The summed E-state index contributed by atoms with van der Waals surface area (Å²) in [6, 6.07) is 0. The fraction of sp³-hybridized carbons (Fsp3) is 0.750. The molecule has 0 unspecified atom stereocenters. The molecule has 4 nitrogen and oxygen atoms in total. The first-order valence-corrected chi connectivity index (χ1v) is 5.42. The summed E-state index contributed by atoms with van der Waals surface area (Å²) in [5.74, 6) is 0. The Hall–Kier alpha value is -0.820. The van der Waals surface area contributed by atoms with Gasteiger partial charge in [-0.05, 0) is 6.42 Å². The van der Waals surface area contributed by atoms with Gasteiger partial charge in [0.15, 0.2) is 0 Å². The van der Waals surface area contributed by atoms with E-state index in [9.17, 15) is 8.78 Å². The maximum absolute atomic E-state index is 11.8. The number of hydrogen-bond acceptors (Lipinski definition) is 5. The van der Waals surface area contributed by atoms with Gasteiger partial charge >= 0.3 is 0 Å². The maximum Gasteiger partial charge on any atom is 0.261 e. The minimum absolute atomic E-state index is 0.0763. The van der Waals surface area contributed by atoms with Crippen LogP contribution >= 0.6 is 11.5 Å². The predicted molar refractivity (Wildman–Crippen MR) is 54.3 cm³/mol. The van der Waals surface area contributed by atoms with Crippen LogP contribution in [0.1, 0.15) is 19.0 Å². The molecule has 0 aliphatic rings. The Kier molecular flexibility index (Phi) is 5.41. The second kappa shape index (κ2) is 6.62. The number of ether oxygens (including phenoxy) is 1. The SMILES string of the molecule is CCCNc1snnc1COCC(F)F. The van der Waals surface area contributed by atoms with Crippen molar-refractivity contribution in [2.45, 2.75) is 26.4 Å². The van der Waals surface area contributed by atoms with Gasteiger partial charge in [0.2, 0.25) is 0 Å². The molecule has 0 saturated heterocycles. The van der Waals surface area contributed by atoms with Crippen molar-refractivity contribution < 1.29 is 13.5 Å². The van der Waals surface area contributed by atoms with Crippen LogP contribution in [0.25, 0.3) is 0 Å². The summed E-state index contributed by atoms with van der Waals surface area (Å²) in [6.07, 6.45) is -1.46. The van der Waals surface area contributed by atoms with Gasteiger partial charge < -0.3 is 10.1 Å². The van der Waals surface area contributed by atoms with E-state index >= 15 is 0 Å². The molecule has 15 heavy (non-hydrogen) atoms. The van der Waals surface area contributed by atoms with Gasteiger partial charge in [-0.1, -0.05) is 11.4 Å². The molecule has 1 rings (SSSR count). The van der Waals surface area contributed by atoms with E-state index in [4.69, 9.17) is 4.74 Å². The molecule has 1 aromatic heterocycles. The van der Waals surface area contributed by atoms with Crippen molar-refractivity contribution in [3.63, 3.8) is 0 Å². The molecule has 1 N–H and O–H groups in total. The van der Waals surface area contributed by atoms with Gasteiger partial charge in [0.05, 0.1) is 6.61 Å². The van der Waals surface area contributed by atoms with Crippen LogP contribution in [0.5, 0.6) is 0 Å². The predicted octanol–water partition coefficient (Wildman–Crippen LogP) is 2.14. The highest BCUT2D eigenvalue weighted by atomic mass is 32.1. The molecular weight excluding hydrogens is 224 g/mol. The largest absolute Gasteiger partial charge is 0.374 e. The number of halogens is 2. The summed E-state index contributed by atoms with van der Waals surface area (Å²) < 4.78 is 32.1. The number of alkyl halides is 2. The Morgan fingerprint density at radius 1 is 1.53 bits per heavy atom. The molecule has 0 saturated carbocycles. The molecular formula is C8H13F2N3OS. The number of nitrogens with one attached hydrogen (secondary N) is 1. The lowest BCUT2D eigenvalue weighted by atomic mass is 10.4. The number of rotatable bonds is 7. The smallest absolute Gasteiger partial charge is 0.261 e. The van der Waals surface area contributed by atoms with E-state index in [1.165, 1.54) is 11.5 Å². The highest BCUT2D eigenvalue weighted by molar-refractivity contribution is 7.10. The normalized spacial score (nSPS) is 10.9. The van der Waals surface area contributed by atoms with Gasteiger partial charge in [-0.25, -0.2) is 8.78 Å². The molecule has 0 spiro atoms. The average Bonchev–Trinajstić information content (AvgIpc) is 2.62. The van der Waals surface area contributed by atoms with Crippen molar-refractivity contribution >= 4 is 16.5 Å². The fourth-order valence-corrected chi connectivity index (χ4v) is 1.51. The Morgan fingerprint density at radius 3 is 3.00 bits per heavy atom. The highest BCUT2D eigenvalue weighted by Crippen LogP contribution is 2.18. The van der Waals surface area contributed by atoms with Crippen LogP contribution in [0, 0.1) is 0 Å².